The van der Waals surface area contributed by atoms with E-state index in [4.69, 9.17) is 11.6 Å². The molecule has 2 saturated heterocycles. The molecule has 14 heavy (non-hydrogen) atoms. The van der Waals surface area contributed by atoms with Gasteiger partial charge in [0.1, 0.15) is 18.1 Å². The summed E-state index contributed by atoms with van der Waals surface area (Å²) in [5, 5.41) is 0.883. The van der Waals surface area contributed by atoms with Crippen LogP contribution in [-0.2, 0) is 0 Å². The Morgan fingerprint density at radius 2 is 1.71 bits per heavy atom. The van der Waals surface area contributed by atoms with Crippen LogP contribution in [0.4, 0.5) is 0 Å². The average molecular weight is 214 g/mol. The van der Waals surface area contributed by atoms with Gasteiger partial charge in [0.15, 0.2) is 6.21 Å². The first-order valence-corrected chi connectivity index (χ1v) is 5.93. The number of rotatable bonds is 2. The van der Waals surface area contributed by atoms with Crippen molar-refractivity contribution in [2.24, 2.45) is 0 Å². The smallest absolute Gasteiger partial charge is 0.183 e. The summed E-state index contributed by atoms with van der Waals surface area (Å²) in [7, 11) is 0. The summed E-state index contributed by atoms with van der Waals surface area (Å²) in [6, 6.07) is 0. The van der Waals surface area contributed by atoms with Crippen LogP contribution in [0.3, 0.4) is 0 Å². The summed E-state index contributed by atoms with van der Waals surface area (Å²) in [5.41, 5.74) is 0. The van der Waals surface area contributed by atoms with E-state index in [1.807, 2.05) is 0 Å². The lowest BCUT2D eigenvalue weighted by atomic mass is 10.4. The fraction of sp³-hybridized carbons (Fsp3) is 0.727. The van der Waals surface area contributed by atoms with Crippen molar-refractivity contribution in [1.29, 1.82) is 0 Å². The molecular formula is C11H18ClN2+. The second kappa shape index (κ2) is 4.83. The molecule has 0 aromatic carbocycles. The summed E-state index contributed by atoms with van der Waals surface area (Å²) >= 11 is 6.16. The Labute approximate surface area is 90.9 Å². The zero-order chi connectivity index (χ0) is 9.80. The standard InChI is InChI=1S/C11H18ClN2/c12-11(9-13-5-1-2-6-13)10-14-7-3-4-8-14/h9-10H,1-8H2/q+1. The van der Waals surface area contributed by atoms with Gasteiger partial charge in [0.05, 0.1) is 0 Å². The van der Waals surface area contributed by atoms with Gasteiger partial charge in [-0.05, 0) is 12.8 Å². The van der Waals surface area contributed by atoms with Crippen molar-refractivity contribution >= 4 is 17.8 Å². The van der Waals surface area contributed by atoms with Crippen molar-refractivity contribution in [1.82, 2.24) is 4.90 Å². The summed E-state index contributed by atoms with van der Waals surface area (Å²) in [6.45, 7) is 4.68. The summed E-state index contributed by atoms with van der Waals surface area (Å²) in [6.07, 6.45) is 9.42. The Bertz CT molecular complexity index is 244. The minimum atomic E-state index is 0.883. The molecule has 2 heterocycles. The third kappa shape index (κ3) is 2.74. The quantitative estimate of drug-likeness (QED) is 0.637. The molecule has 0 saturated carbocycles. The predicted octanol–water partition coefficient (Wildman–Crippen LogP) is 2.04. The van der Waals surface area contributed by atoms with Crippen LogP contribution in [0.25, 0.3) is 0 Å². The van der Waals surface area contributed by atoms with Gasteiger partial charge in [0.25, 0.3) is 0 Å². The van der Waals surface area contributed by atoms with E-state index < -0.39 is 0 Å². The Kier molecular flexibility index (Phi) is 3.46. The molecule has 0 aromatic heterocycles. The molecule has 0 bridgehead atoms. The molecule has 2 fully saturated rings. The number of hydrogen-bond acceptors (Lipinski definition) is 1. The monoisotopic (exact) mass is 213 g/mol. The molecule has 2 rings (SSSR count). The number of nitrogens with zero attached hydrogens (tertiary/aromatic N) is 2. The Balaban J connectivity index is 1.92. The highest BCUT2D eigenvalue weighted by molar-refractivity contribution is 6.38. The van der Waals surface area contributed by atoms with Gasteiger partial charge in [-0.3, -0.25) is 0 Å². The number of halogens is 1. The van der Waals surface area contributed by atoms with Gasteiger partial charge in [-0.15, -0.1) is 0 Å². The van der Waals surface area contributed by atoms with Crippen molar-refractivity contribution in [2.45, 2.75) is 25.7 Å². The van der Waals surface area contributed by atoms with Crippen LogP contribution in [0.15, 0.2) is 11.2 Å². The lowest BCUT2D eigenvalue weighted by Gasteiger charge is -2.09. The van der Waals surface area contributed by atoms with E-state index in [2.05, 4.69) is 21.9 Å². The first kappa shape index (κ1) is 10.0. The Morgan fingerprint density at radius 3 is 2.36 bits per heavy atom. The van der Waals surface area contributed by atoms with Gasteiger partial charge in [0, 0.05) is 32.1 Å². The highest BCUT2D eigenvalue weighted by Gasteiger charge is 2.13. The number of hydrogen-bond donors (Lipinski definition) is 0. The van der Waals surface area contributed by atoms with E-state index in [0.717, 1.165) is 5.03 Å². The van der Waals surface area contributed by atoms with Crippen molar-refractivity contribution in [2.75, 3.05) is 26.2 Å². The first-order valence-electron chi connectivity index (χ1n) is 5.55. The summed E-state index contributed by atoms with van der Waals surface area (Å²) in [5.74, 6) is 0. The largest absolute Gasteiger partial charge is 0.376 e. The molecule has 0 amide bonds. The topological polar surface area (TPSA) is 6.25 Å². The molecule has 2 aliphatic heterocycles. The second-order valence-electron chi connectivity index (χ2n) is 4.13. The Hall–Kier alpha value is -0.500. The predicted molar refractivity (Wildman–Crippen MR) is 60.0 cm³/mol. The van der Waals surface area contributed by atoms with Crippen molar-refractivity contribution < 1.29 is 4.58 Å². The molecule has 2 nitrogen and oxygen atoms in total. The van der Waals surface area contributed by atoms with E-state index in [9.17, 15) is 0 Å². The maximum Gasteiger partial charge on any atom is 0.183 e. The molecule has 0 radical (unpaired) electrons. The minimum Gasteiger partial charge on any atom is -0.376 e. The fourth-order valence-electron chi connectivity index (χ4n) is 2.12. The van der Waals surface area contributed by atoms with Gasteiger partial charge in [-0.25, -0.2) is 4.58 Å². The molecular weight excluding hydrogens is 196 g/mol. The molecule has 0 spiro atoms. The molecule has 78 valence electrons. The summed E-state index contributed by atoms with van der Waals surface area (Å²) in [4.78, 5) is 2.31. The second-order valence-corrected chi connectivity index (χ2v) is 4.57. The van der Waals surface area contributed by atoms with E-state index in [-0.39, 0.29) is 0 Å². The van der Waals surface area contributed by atoms with Crippen molar-refractivity contribution in [3.63, 3.8) is 0 Å². The normalized spacial score (nSPS) is 23.4. The average Bonchev–Trinajstić information content (AvgIpc) is 2.76. The molecule has 0 aromatic rings. The maximum atomic E-state index is 6.16. The maximum absolute atomic E-state index is 6.16. The third-order valence-electron chi connectivity index (χ3n) is 2.89. The molecule has 0 N–H and O–H groups in total. The van der Waals surface area contributed by atoms with E-state index in [0.29, 0.717) is 0 Å². The van der Waals surface area contributed by atoms with Crippen LogP contribution in [0.2, 0.25) is 0 Å². The minimum absolute atomic E-state index is 0.883. The highest BCUT2D eigenvalue weighted by Crippen LogP contribution is 2.11. The van der Waals surface area contributed by atoms with Gasteiger partial charge in [-0.2, -0.15) is 0 Å². The van der Waals surface area contributed by atoms with Crippen LogP contribution in [0, 0.1) is 0 Å². The molecule has 2 aliphatic rings. The lowest BCUT2D eigenvalue weighted by Crippen LogP contribution is -2.13. The number of likely N-dealkylation sites (tertiary alicyclic amines) is 1. The Morgan fingerprint density at radius 1 is 1.07 bits per heavy atom. The highest BCUT2D eigenvalue weighted by atomic mass is 35.5. The van der Waals surface area contributed by atoms with E-state index in [1.54, 1.807) is 0 Å². The third-order valence-corrected chi connectivity index (χ3v) is 3.09. The molecule has 0 atom stereocenters. The first-order chi connectivity index (χ1) is 6.84. The van der Waals surface area contributed by atoms with Crippen LogP contribution >= 0.6 is 11.6 Å². The lowest BCUT2D eigenvalue weighted by molar-refractivity contribution is -0.500. The number of allylic oxidation sites excluding steroid dienone is 1. The molecule has 0 aliphatic carbocycles. The summed E-state index contributed by atoms with van der Waals surface area (Å²) < 4.78 is 2.31. The van der Waals surface area contributed by atoms with Crippen molar-refractivity contribution in [3.05, 3.63) is 11.2 Å². The van der Waals surface area contributed by atoms with E-state index >= 15 is 0 Å². The van der Waals surface area contributed by atoms with Gasteiger partial charge in [0.2, 0.25) is 0 Å². The van der Waals surface area contributed by atoms with Crippen LogP contribution < -0.4 is 0 Å². The van der Waals surface area contributed by atoms with Crippen LogP contribution in [0.1, 0.15) is 25.7 Å². The zero-order valence-electron chi connectivity index (χ0n) is 8.58. The van der Waals surface area contributed by atoms with E-state index in [1.165, 1.54) is 51.9 Å². The SMILES string of the molecule is Cl/C(C=[N+]1CCCC1)=C\N1CCCC1. The fourth-order valence-corrected chi connectivity index (χ4v) is 2.40. The zero-order valence-corrected chi connectivity index (χ0v) is 9.34. The van der Waals surface area contributed by atoms with Gasteiger partial charge < -0.3 is 4.90 Å². The van der Waals surface area contributed by atoms with Gasteiger partial charge >= 0.3 is 0 Å². The van der Waals surface area contributed by atoms with Crippen LogP contribution in [0.5, 0.6) is 0 Å². The molecule has 3 heteroatoms. The van der Waals surface area contributed by atoms with Crippen LogP contribution in [-0.4, -0.2) is 41.9 Å². The molecule has 0 unspecified atom stereocenters. The van der Waals surface area contributed by atoms with Crippen molar-refractivity contribution in [3.8, 4) is 0 Å². The van der Waals surface area contributed by atoms with Gasteiger partial charge in [-0.1, -0.05) is 11.6 Å².